The molecule has 0 saturated carbocycles. The largest absolute Gasteiger partial charge is 0.484 e. The lowest BCUT2D eigenvalue weighted by Gasteiger charge is -2.27. The maximum Gasteiger partial charge on any atom is 0.260 e. The van der Waals surface area contributed by atoms with Crippen molar-refractivity contribution in [3.05, 3.63) is 29.3 Å². The Bertz CT molecular complexity index is 586. The summed E-state index contributed by atoms with van der Waals surface area (Å²) in [5.41, 5.74) is 0. The summed E-state index contributed by atoms with van der Waals surface area (Å²) in [7, 11) is -3.13. The van der Waals surface area contributed by atoms with Crippen LogP contribution in [0.2, 0.25) is 5.02 Å². The molecule has 0 aromatic heterocycles. The van der Waals surface area contributed by atoms with Crippen LogP contribution < -0.4 is 4.74 Å². The fourth-order valence-corrected chi connectivity index (χ4v) is 3.34. The molecule has 7 heteroatoms. The van der Waals surface area contributed by atoms with Crippen LogP contribution in [0.3, 0.4) is 0 Å². The number of ether oxygens (including phenoxy) is 1. The molecule has 1 aromatic carbocycles. The van der Waals surface area contributed by atoms with Crippen molar-refractivity contribution in [2.75, 3.05) is 24.7 Å². The first kappa shape index (κ1) is 18.8. The van der Waals surface area contributed by atoms with E-state index in [1.807, 2.05) is 6.92 Å². The number of halogens is 1. The van der Waals surface area contributed by atoms with Gasteiger partial charge in [0.2, 0.25) is 0 Å². The Labute approximate surface area is 137 Å². The van der Waals surface area contributed by atoms with Crippen molar-refractivity contribution in [1.29, 1.82) is 0 Å². The number of rotatable bonds is 8. The Morgan fingerprint density at radius 3 is 2.36 bits per heavy atom. The van der Waals surface area contributed by atoms with E-state index in [0.29, 0.717) is 17.3 Å². The molecule has 0 fully saturated rings. The van der Waals surface area contributed by atoms with Crippen molar-refractivity contribution >= 4 is 27.3 Å². The lowest BCUT2D eigenvalue weighted by Crippen LogP contribution is -2.44. The average Bonchev–Trinajstić information content (AvgIpc) is 2.47. The van der Waals surface area contributed by atoms with Gasteiger partial charge in [0.1, 0.15) is 5.75 Å². The third kappa shape index (κ3) is 5.85. The molecule has 1 unspecified atom stereocenters. The molecule has 0 heterocycles. The van der Waals surface area contributed by atoms with Gasteiger partial charge in [0.05, 0.1) is 5.75 Å². The Balaban J connectivity index is 2.62. The summed E-state index contributed by atoms with van der Waals surface area (Å²) in [4.78, 5) is 13.7. The Hall–Kier alpha value is -1.27. The molecule has 0 radical (unpaired) electrons. The van der Waals surface area contributed by atoms with Crippen LogP contribution in [-0.4, -0.2) is 49.9 Å². The van der Waals surface area contributed by atoms with E-state index in [4.69, 9.17) is 16.3 Å². The summed E-state index contributed by atoms with van der Waals surface area (Å²) < 4.78 is 28.8. The van der Waals surface area contributed by atoms with Crippen molar-refractivity contribution < 1.29 is 17.9 Å². The van der Waals surface area contributed by atoms with E-state index in [1.165, 1.54) is 4.90 Å². The molecule has 1 aromatic rings. The van der Waals surface area contributed by atoms with Crippen molar-refractivity contribution in [2.45, 2.75) is 26.8 Å². The van der Waals surface area contributed by atoms with Gasteiger partial charge in [0.15, 0.2) is 16.4 Å². The molecule has 0 bridgehead atoms. The van der Waals surface area contributed by atoms with Gasteiger partial charge < -0.3 is 9.64 Å². The van der Waals surface area contributed by atoms with Crippen molar-refractivity contribution in [3.8, 4) is 5.75 Å². The van der Waals surface area contributed by atoms with Gasteiger partial charge in [-0.1, -0.05) is 18.5 Å². The zero-order valence-electron chi connectivity index (χ0n) is 13.1. The molecule has 124 valence electrons. The van der Waals surface area contributed by atoms with Crippen LogP contribution in [0.5, 0.6) is 5.75 Å². The topological polar surface area (TPSA) is 63.7 Å². The van der Waals surface area contributed by atoms with Crippen molar-refractivity contribution in [1.82, 2.24) is 4.90 Å². The fourth-order valence-electron chi connectivity index (χ4n) is 2.07. The molecule has 5 nitrogen and oxygen atoms in total. The lowest BCUT2D eigenvalue weighted by molar-refractivity contribution is -0.134. The molecule has 1 amide bonds. The summed E-state index contributed by atoms with van der Waals surface area (Å²) in [6, 6.07) is 6.33. The molecule has 1 atom stereocenters. The van der Waals surface area contributed by atoms with E-state index < -0.39 is 9.84 Å². The first-order chi connectivity index (χ1) is 10.3. The SMILES string of the molecule is CCN(C(=O)COc1ccc(Cl)cc1)C(C)CS(=O)(=O)CC. The number of carbonyl (C=O) groups is 1. The molecular formula is C15H22ClNO4S. The van der Waals surface area contributed by atoms with E-state index in [1.54, 1.807) is 38.1 Å². The number of hydrogen-bond acceptors (Lipinski definition) is 4. The first-order valence-corrected chi connectivity index (χ1v) is 9.37. The Morgan fingerprint density at radius 2 is 1.86 bits per heavy atom. The van der Waals surface area contributed by atoms with Gasteiger partial charge in [0, 0.05) is 23.4 Å². The minimum absolute atomic E-state index is 0.0377. The molecule has 0 spiro atoms. The highest BCUT2D eigenvalue weighted by Crippen LogP contribution is 2.15. The van der Waals surface area contributed by atoms with Crippen LogP contribution in [-0.2, 0) is 14.6 Å². The zero-order chi connectivity index (χ0) is 16.8. The Morgan fingerprint density at radius 1 is 1.27 bits per heavy atom. The number of nitrogens with zero attached hydrogens (tertiary/aromatic N) is 1. The van der Waals surface area contributed by atoms with E-state index in [0.717, 1.165) is 0 Å². The molecule has 1 rings (SSSR count). The third-order valence-corrected chi connectivity index (χ3v) is 5.43. The highest BCUT2D eigenvalue weighted by Gasteiger charge is 2.23. The van der Waals surface area contributed by atoms with Gasteiger partial charge in [0.25, 0.3) is 5.91 Å². The third-order valence-electron chi connectivity index (χ3n) is 3.30. The number of benzene rings is 1. The van der Waals surface area contributed by atoms with Gasteiger partial charge in [-0.3, -0.25) is 4.79 Å². The second-order valence-corrected chi connectivity index (χ2v) is 7.80. The standard InChI is InChI=1S/C15H22ClNO4S/c1-4-17(12(3)11-22(19,20)5-2)15(18)10-21-14-8-6-13(16)7-9-14/h6-9,12H,4-5,10-11H2,1-3H3. The monoisotopic (exact) mass is 347 g/mol. The maximum atomic E-state index is 12.2. The van der Waals surface area contributed by atoms with Gasteiger partial charge >= 0.3 is 0 Å². The van der Waals surface area contributed by atoms with Gasteiger partial charge in [-0.25, -0.2) is 8.42 Å². The van der Waals surface area contributed by atoms with E-state index in [9.17, 15) is 13.2 Å². The van der Waals surface area contributed by atoms with Gasteiger partial charge in [-0.05, 0) is 38.1 Å². The normalized spacial score (nSPS) is 12.7. The number of likely N-dealkylation sites (N-methyl/N-ethyl adjacent to an activating group) is 1. The van der Waals surface area contributed by atoms with Crippen molar-refractivity contribution in [3.63, 3.8) is 0 Å². The van der Waals surface area contributed by atoms with Gasteiger partial charge in [-0.2, -0.15) is 0 Å². The predicted molar refractivity (Wildman–Crippen MR) is 88.1 cm³/mol. The number of hydrogen-bond donors (Lipinski definition) is 0. The van der Waals surface area contributed by atoms with E-state index in [-0.39, 0.29) is 30.1 Å². The van der Waals surface area contributed by atoms with Crippen LogP contribution in [0.15, 0.2) is 24.3 Å². The van der Waals surface area contributed by atoms with E-state index >= 15 is 0 Å². The highest BCUT2D eigenvalue weighted by molar-refractivity contribution is 7.91. The maximum absolute atomic E-state index is 12.2. The minimum Gasteiger partial charge on any atom is -0.484 e. The number of sulfone groups is 1. The molecule has 0 aliphatic heterocycles. The van der Waals surface area contributed by atoms with Crippen LogP contribution >= 0.6 is 11.6 Å². The second-order valence-electron chi connectivity index (χ2n) is 4.97. The number of carbonyl (C=O) groups excluding carboxylic acids is 1. The van der Waals surface area contributed by atoms with Crippen LogP contribution in [0, 0.1) is 0 Å². The molecular weight excluding hydrogens is 326 g/mol. The molecule has 0 saturated heterocycles. The van der Waals surface area contributed by atoms with Crippen LogP contribution in [0.1, 0.15) is 20.8 Å². The zero-order valence-corrected chi connectivity index (χ0v) is 14.7. The number of amides is 1. The van der Waals surface area contributed by atoms with E-state index in [2.05, 4.69) is 0 Å². The second kappa shape index (κ2) is 8.39. The Kier molecular flexibility index (Phi) is 7.16. The summed E-state index contributed by atoms with van der Waals surface area (Å²) in [5.74, 6) is 0.341. The first-order valence-electron chi connectivity index (χ1n) is 7.17. The molecule has 0 N–H and O–H groups in total. The van der Waals surface area contributed by atoms with Crippen molar-refractivity contribution in [2.24, 2.45) is 0 Å². The molecule has 22 heavy (non-hydrogen) atoms. The smallest absolute Gasteiger partial charge is 0.260 e. The van der Waals surface area contributed by atoms with Crippen LogP contribution in [0.25, 0.3) is 0 Å². The summed E-state index contributed by atoms with van der Waals surface area (Å²) >= 11 is 5.78. The lowest BCUT2D eigenvalue weighted by atomic mass is 10.3. The summed E-state index contributed by atoms with van der Waals surface area (Å²) in [6.45, 7) is 5.45. The summed E-state index contributed by atoms with van der Waals surface area (Å²) in [5, 5.41) is 0.590. The van der Waals surface area contributed by atoms with Crippen LogP contribution in [0.4, 0.5) is 0 Å². The average molecular weight is 348 g/mol. The summed E-state index contributed by atoms with van der Waals surface area (Å²) in [6.07, 6.45) is 0. The molecule has 0 aliphatic rings. The fraction of sp³-hybridized carbons (Fsp3) is 0.533. The predicted octanol–water partition coefficient (Wildman–Crippen LogP) is 2.39. The minimum atomic E-state index is -3.13. The van der Waals surface area contributed by atoms with Gasteiger partial charge in [-0.15, -0.1) is 0 Å². The quantitative estimate of drug-likeness (QED) is 0.724. The molecule has 0 aliphatic carbocycles. The highest BCUT2D eigenvalue weighted by atomic mass is 35.5.